The van der Waals surface area contributed by atoms with Crippen LogP contribution in [0, 0.1) is 5.92 Å². The Bertz CT molecular complexity index is 465. The lowest BCUT2D eigenvalue weighted by Gasteiger charge is -2.20. The number of hydrogen-bond donors (Lipinski definition) is 3. The number of carboxylic acids is 1. The molecule has 2 atom stereocenters. The average Bonchev–Trinajstić information content (AvgIpc) is 2.34. The third-order valence-corrected chi connectivity index (χ3v) is 3.08. The summed E-state index contributed by atoms with van der Waals surface area (Å²) < 4.78 is 0. The SMILES string of the molecule is CC[C@@H](C)[C@H](NC(=O)Nc1cccc(Cl)c1)C(=O)O. The molecule has 0 saturated heterocycles. The molecule has 6 heteroatoms. The number of rotatable bonds is 5. The normalized spacial score (nSPS) is 13.4. The maximum atomic E-state index is 11.7. The zero-order chi connectivity index (χ0) is 14.4. The summed E-state index contributed by atoms with van der Waals surface area (Å²) in [5, 5.41) is 14.6. The van der Waals surface area contributed by atoms with Crippen molar-refractivity contribution in [3.05, 3.63) is 29.3 Å². The summed E-state index contributed by atoms with van der Waals surface area (Å²) in [6.45, 7) is 3.65. The molecular weight excluding hydrogens is 268 g/mol. The number of halogens is 1. The summed E-state index contributed by atoms with van der Waals surface area (Å²) in [6.07, 6.45) is 0.661. The van der Waals surface area contributed by atoms with Gasteiger partial charge in [0.05, 0.1) is 0 Å². The van der Waals surface area contributed by atoms with Crippen molar-refractivity contribution in [2.45, 2.75) is 26.3 Å². The van der Waals surface area contributed by atoms with E-state index in [0.717, 1.165) is 0 Å². The molecule has 0 bridgehead atoms. The van der Waals surface area contributed by atoms with Crippen LogP contribution in [-0.2, 0) is 4.79 Å². The number of carbonyl (C=O) groups excluding carboxylic acids is 1. The van der Waals surface area contributed by atoms with E-state index < -0.39 is 18.0 Å². The fourth-order valence-corrected chi connectivity index (χ4v) is 1.75. The van der Waals surface area contributed by atoms with Gasteiger partial charge in [0.2, 0.25) is 0 Å². The maximum absolute atomic E-state index is 11.7. The first kappa shape index (κ1) is 15.3. The molecule has 1 aromatic carbocycles. The summed E-state index contributed by atoms with van der Waals surface area (Å²) in [5.41, 5.74) is 0.512. The van der Waals surface area contributed by atoms with Crippen LogP contribution in [0.5, 0.6) is 0 Å². The lowest BCUT2D eigenvalue weighted by Crippen LogP contribution is -2.46. The van der Waals surface area contributed by atoms with Crippen LogP contribution in [0.15, 0.2) is 24.3 Å². The monoisotopic (exact) mass is 284 g/mol. The molecule has 5 nitrogen and oxygen atoms in total. The molecule has 0 fully saturated rings. The zero-order valence-corrected chi connectivity index (χ0v) is 11.6. The van der Waals surface area contributed by atoms with Gasteiger partial charge in [-0.2, -0.15) is 0 Å². The molecule has 0 aliphatic rings. The highest BCUT2D eigenvalue weighted by Crippen LogP contribution is 2.15. The van der Waals surface area contributed by atoms with Crippen molar-refractivity contribution >= 4 is 29.3 Å². The first-order valence-corrected chi connectivity index (χ1v) is 6.37. The van der Waals surface area contributed by atoms with E-state index in [4.69, 9.17) is 16.7 Å². The van der Waals surface area contributed by atoms with Gasteiger partial charge < -0.3 is 15.7 Å². The predicted molar refractivity (Wildman–Crippen MR) is 74.5 cm³/mol. The number of amides is 2. The number of carboxylic acid groups (broad SMARTS) is 1. The molecule has 0 radical (unpaired) electrons. The minimum atomic E-state index is -1.05. The van der Waals surface area contributed by atoms with E-state index in [9.17, 15) is 9.59 Å². The third kappa shape index (κ3) is 4.79. The first-order chi connectivity index (χ1) is 8.93. The van der Waals surface area contributed by atoms with Gasteiger partial charge in [-0.1, -0.05) is 37.9 Å². The molecule has 1 rings (SSSR count). The Morgan fingerprint density at radius 3 is 2.63 bits per heavy atom. The van der Waals surface area contributed by atoms with Crippen LogP contribution < -0.4 is 10.6 Å². The van der Waals surface area contributed by atoms with Crippen molar-refractivity contribution in [2.24, 2.45) is 5.92 Å². The van der Waals surface area contributed by atoms with Crippen LogP contribution in [0.1, 0.15) is 20.3 Å². The number of urea groups is 1. The Labute approximate surface area is 117 Å². The molecule has 104 valence electrons. The van der Waals surface area contributed by atoms with Crippen molar-refractivity contribution in [3.8, 4) is 0 Å². The Kier molecular flexibility index (Phi) is 5.63. The van der Waals surface area contributed by atoms with Crippen molar-refractivity contribution < 1.29 is 14.7 Å². The van der Waals surface area contributed by atoms with Gasteiger partial charge in [0.25, 0.3) is 0 Å². The Morgan fingerprint density at radius 1 is 1.42 bits per heavy atom. The van der Waals surface area contributed by atoms with Crippen LogP contribution in [0.25, 0.3) is 0 Å². The second kappa shape index (κ2) is 6.99. The molecule has 0 heterocycles. The van der Waals surface area contributed by atoms with Gasteiger partial charge in [-0.25, -0.2) is 9.59 Å². The fraction of sp³-hybridized carbons (Fsp3) is 0.385. The highest BCUT2D eigenvalue weighted by Gasteiger charge is 2.25. The molecule has 0 aliphatic carbocycles. The quantitative estimate of drug-likeness (QED) is 0.778. The van der Waals surface area contributed by atoms with E-state index in [1.807, 2.05) is 6.92 Å². The Morgan fingerprint density at radius 2 is 2.11 bits per heavy atom. The van der Waals surface area contributed by atoms with Gasteiger partial charge in [0, 0.05) is 10.7 Å². The topological polar surface area (TPSA) is 78.4 Å². The van der Waals surface area contributed by atoms with Crippen LogP contribution in [0.2, 0.25) is 5.02 Å². The smallest absolute Gasteiger partial charge is 0.326 e. The lowest BCUT2D eigenvalue weighted by atomic mass is 9.99. The van der Waals surface area contributed by atoms with Gasteiger partial charge in [0.15, 0.2) is 0 Å². The third-order valence-electron chi connectivity index (χ3n) is 2.85. The molecule has 3 N–H and O–H groups in total. The van der Waals surface area contributed by atoms with E-state index in [0.29, 0.717) is 17.1 Å². The second-order valence-electron chi connectivity index (χ2n) is 4.31. The highest BCUT2D eigenvalue weighted by atomic mass is 35.5. The molecule has 1 aromatic rings. The maximum Gasteiger partial charge on any atom is 0.326 e. The number of aliphatic carboxylic acids is 1. The Balaban J connectivity index is 2.65. The molecule has 19 heavy (non-hydrogen) atoms. The van der Waals surface area contributed by atoms with Crippen molar-refractivity contribution in [1.29, 1.82) is 0 Å². The highest BCUT2D eigenvalue weighted by molar-refractivity contribution is 6.30. The number of nitrogens with one attached hydrogen (secondary N) is 2. The van der Waals surface area contributed by atoms with E-state index in [1.165, 1.54) is 0 Å². The number of hydrogen-bond acceptors (Lipinski definition) is 2. The number of anilines is 1. The van der Waals surface area contributed by atoms with Crippen molar-refractivity contribution in [3.63, 3.8) is 0 Å². The van der Waals surface area contributed by atoms with Crippen LogP contribution in [0.4, 0.5) is 10.5 Å². The largest absolute Gasteiger partial charge is 0.480 e. The molecule has 0 spiro atoms. The molecule has 0 saturated carbocycles. The van der Waals surface area contributed by atoms with Crippen molar-refractivity contribution in [1.82, 2.24) is 5.32 Å². The molecular formula is C13H17ClN2O3. The van der Waals surface area contributed by atoms with Crippen LogP contribution in [-0.4, -0.2) is 23.1 Å². The molecule has 0 aromatic heterocycles. The minimum Gasteiger partial charge on any atom is -0.480 e. The van der Waals surface area contributed by atoms with Gasteiger partial charge in [-0.3, -0.25) is 0 Å². The van der Waals surface area contributed by atoms with E-state index in [1.54, 1.807) is 31.2 Å². The fourth-order valence-electron chi connectivity index (χ4n) is 1.56. The summed E-state index contributed by atoms with van der Waals surface area (Å²) >= 11 is 5.79. The predicted octanol–water partition coefficient (Wildman–Crippen LogP) is 2.96. The van der Waals surface area contributed by atoms with E-state index >= 15 is 0 Å². The van der Waals surface area contributed by atoms with Crippen LogP contribution >= 0.6 is 11.6 Å². The summed E-state index contributed by atoms with van der Waals surface area (Å²) in [6, 6.07) is 5.16. The standard InChI is InChI=1S/C13H17ClN2O3/c1-3-8(2)11(12(17)18)16-13(19)15-10-6-4-5-9(14)7-10/h4-8,11H,3H2,1-2H3,(H,17,18)(H2,15,16,19)/t8-,11+/m1/s1. The van der Waals surface area contributed by atoms with Crippen LogP contribution in [0.3, 0.4) is 0 Å². The molecule has 0 aliphatic heterocycles. The molecule has 2 amide bonds. The second-order valence-corrected chi connectivity index (χ2v) is 4.75. The zero-order valence-electron chi connectivity index (χ0n) is 10.8. The summed E-state index contributed by atoms with van der Waals surface area (Å²) in [7, 11) is 0. The number of benzene rings is 1. The summed E-state index contributed by atoms with van der Waals surface area (Å²) in [5.74, 6) is -1.20. The van der Waals surface area contributed by atoms with Gasteiger partial charge in [-0.15, -0.1) is 0 Å². The minimum absolute atomic E-state index is 0.150. The van der Waals surface area contributed by atoms with Gasteiger partial charge in [0.1, 0.15) is 6.04 Å². The molecule has 0 unspecified atom stereocenters. The van der Waals surface area contributed by atoms with E-state index in [2.05, 4.69) is 10.6 Å². The van der Waals surface area contributed by atoms with E-state index in [-0.39, 0.29) is 5.92 Å². The van der Waals surface area contributed by atoms with Crippen molar-refractivity contribution in [2.75, 3.05) is 5.32 Å². The first-order valence-electron chi connectivity index (χ1n) is 6.00. The van der Waals surface area contributed by atoms with Gasteiger partial charge in [-0.05, 0) is 24.1 Å². The average molecular weight is 285 g/mol. The lowest BCUT2D eigenvalue weighted by molar-refractivity contribution is -0.140. The summed E-state index contributed by atoms with van der Waals surface area (Å²) in [4.78, 5) is 22.8. The Hall–Kier alpha value is -1.75. The van der Waals surface area contributed by atoms with Gasteiger partial charge >= 0.3 is 12.0 Å². The number of carbonyl (C=O) groups is 2.